The van der Waals surface area contributed by atoms with Gasteiger partial charge in [-0.25, -0.2) is 9.78 Å². The minimum absolute atomic E-state index is 0.0139. The lowest BCUT2D eigenvalue weighted by Gasteiger charge is -2.07. The Morgan fingerprint density at radius 1 is 1.55 bits per heavy atom. The monoisotopic (exact) mass is 154 g/mol. The molecule has 1 amide bonds. The minimum atomic E-state index is -1.45. The van der Waals surface area contributed by atoms with E-state index in [1.165, 1.54) is 12.3 Å². The van der Waals surface area contributed by atoms with Crippen LogP contribution in [0, 0.1) is 0 Å². The van der Waals surface area contributed by atoms with E-state index in [1.54, 1.807) is 12.1 Å². The van der Waals surface area contributed by atoms with E-state index < -0.39 is 6.09 Å². The third-order valence-corrected chi connectivity index (χ3v) is 1.05. The van der Waals surface area contributed by atoms with Crippen molar-refractivity contribution in [2.24, 2.45) is 0 Å². The van der Waals surface area contributed by atoms with Crippen molar-refractivity contribution in [2.45, 2.75) is 0 Å². The van der Waals surface area contributed by atoms with E-state index in [4.69, 9.17) is 10.3 Å². The lowest BCUT2D eigenvalue weighted by Crippen LogP contribution is -2.25. The molecule has 0 unspecified atom stereocenters. The molecule has 1 rings (SSSR count). The number of pyridine rings is 1. The highest BCUT2D eigenvalue weighted by Crippen LogP contribution is 2.05. The molecule has 1 aromatic rings. The molecule has 0 bridgehead atoms. The van der Waals surface area contributed by atoms with E-state index in [1.807, 2.05) is 0 Å². The molecule has 0 aliphatic rings. The summed E-state index contributed by atoms with van der Waals surface area (Å²) >= 11 is 0. The van der Waals surface area contributed by atoms with E-state index in [0.29, 0.717) is 0 Å². The molecule has 0 aliphatic carbocycles. The van der Waals surface area contributed by atoms with Crippen molar-refractivity contribution >= 4 is 11.9 Å². The predicted molar refractivity (Wildman–Crippen MR) is 36.5 cm³/mol. The molecule has 11 heavy (non-hydrogen) atoms. The summed E-state index contributed by atoms with van der Waals surface area (Å²) < 4.78 is 0. The summed E-state index contributed by atoms with van der Waals surface area (Å²) in [6, 6.07) is 4.59. The highest BCUT2D eigenvalue weighted by atomic mass is 16.6. The minimum Gasteiger partial charge on any atom is -0.463 e. The van der Waals surface area contributed by atoms with Crippen LogP contribution in [0.3, 0.4) is 0 Å². The first kappa shape index (κ1) is 7.49. The second-order valence-electron chi connectivity index (χ2n) is 1.78. The molecule has 0 saturated heterocycles. The van der Waals surface area contributed by atoms with E-state index in [0.717, 1.165) is 0 Å². The number of carbonyl (C=O) groups is 1. The second-order valence-corrected chi connectivity index (χ2v) is 1.78. The van der Waals surface area contributed by atoms with E-state index in [2.05, 4.69) is 4.98 Å². The molecule has 0 aromatic carbocycles. The maximum absolute atomic E-state index is 10.1. The largest absolute Gasteiger partial charge is 0.463 e. The lowest BCUT2D eigenvalue weighted by molar-refractivity contribution is 0.159. The van der Waals surface area contributed by atoms with Crippen molar-refractivity contribution in [2.75, 3.05) is 5.06 Å². The maximum atomic E-state index is 10.1. The fourth-order valence-corrected chi connectivity index (χ4v) is 0.577. The van der Waals surface area contributed by atoms with Crippen LogP contribution in [0.2, 0.25) is 0 Å². The first-order chi connectivity index (χ1) is 5.22. The quantitative estimate of drug-likeness (QED) is 0.466. The van der Waals surface area contributed by atoms with Crippen LogP contribution in [0.15, 0.2) is 24.4 Å². The number of nitrogens with zero attached hydrogens (tertiary/aromatic N) is 2. The van der Waals surface area contributed by atoms with Gasteiger partial charge in [0, 0.05) is 6.20 Å². The molecule has 2 N–H and O–H groups in total. The van der Waals surface area contributed by atoms with Crippen LogP contribution in [0.5, 0.6) is 0 Å². The average Bonchev–Trinajstić information content (AvgIpc) is 2.05. The van der Waals surface area contributed by atoms with Gasteiger partial charge in [0.15, 0.2) is 5.82 Å². The molecule has 0 saturated carbocycles. The number of rotatable bonds is 1. The summed E-state index contributed by atoms with van der Waals surface area (Å²) in [6.45, 7) is 0. The Hall–Kier alpha value is -1.62. The van der Waals surface area contributed by atoms with Crippen LogP contribution < -0.4 is 5.06 Å². The Morgan fingerprint density at radius 2 is 2.27 bits per heavy atom. The van der Waals surface area contributed by atoms with Crippen LogP contribution >= 0.6 is 0 Å². The summed E-state index contributed by atoms with van der Waals surface area (Å²) in [5, 5.41) is 17.1. The smallest absolute Gasteiger partial charge is 0.437 e. The Balaban J connectivity index is 2.85. The summed E-state index contributed by atoms with van der Waals surface area (Å²) in [6.07, 6.45) is -0.0645. The van der Waals surface area contributed by atoms with Crippen molar-refractivity contribution < 1.29 is 15.1 Å². The van der Waals surface area contributed by atoms with Gasteiger partial charge in [-0.2, -0.15) is 0 Å². The van der Waals surface area contributed by atoms with Gasteiger partial charge in [-0.15, -0.1) is 5.06 Å². The zero-order chi connectivity index (χ0) is 8.27. The molecular weight excluding hydrogens is 148 g/mol. The molecule has 1 heterocycles. The molecule has 1 aromatic heterocycles. The number of hydrogen-bond acceptors (Lipinski definition) is 3. The van der Waals surface area contributed by atoms with E-state index in [-0.39, 0.29) is 10.9 Å². The van der Waals surface area contributed by atoms with Crippen LogP contribution in [0.25, 0.3) is 0 Å². The predicted octanol–water partition coefficient (Wildman–Crippen LogP) is 0.955. The fraction of sp³-hybridized carbons (Fsp3) is 0. The molecule has 0 fully saturated rings. The Kier molecular flexibility index (Phi) is 2.03. The zero-order valence-corrected chi connectivity index (χ0v) is 5.51. The van der Waals surface area contributed by atoms with Gasteiger partial charge in [-0.3, -0.25) is 5.21 Å². The Labute approximate surface area is 62.5 Å². The molecule has 0 spiro atoms. The lowest BCUT2D eigenvalue weighted by atomic mass is 10.5. The van der Waals surface area contributed by atoms with Crippen molar-refractivity contribution in [1.82, 2.24) is 4.98 Å². The SMILES string of the molecule is O=C(O)N(O)c1ccccn1. The number of hydroxylamine groups is 1. The third-order valence-electron chi connectivity index (χ3n) is 1.05. The van der Waals surface area contributed by atoms with Crippen LogP contribution in [-0.4, -0.2) is 21.4 Å². The zero-order valence-electron chi connectivity index (χ0n) is 5.51. The van der Waals surface area contributed by atoms with Gasteiger partial charge >= 0.3 is 6.09 Å². The van der Waals surface area contributed by atoms with Gasteiger partial charge in [-0.05, 0) is 12.1 Å². The molecule has 58 valence electrons. The van der Waals surface area contributed by atoms with Crippen molar-refractivity contribution in [3.63, 3.8) is 0 Å². The molecule has 0 aliphatic heterocycles. The Bertz CT molecular complexity index is 249. The van der Waals surface area contributed by atoms with Crippen LogP contribution in [-0.2, 0) is 0 Å². The molecular formula is C6H6N2O3. The van der Waals surface area contributed by atoms with Crippen LogP contribution in [0.1, 0.15) is 0 Å². The number of anilines is 1. The summed E-state index contributed by atoms with van der Waals surface area (Å²) in [7, 11) is 0. The standard InChI is InChI=1S/C6H6N2O3/c9-6(10)8(11)5-3-1-2-4-7-5/h1-4,11H,(H,9,10). The number of amides is 1. The highest BCUT2D eigenvalue weighted by Gasteiger charge is 2.10. The molecule has 0 atom stereocenters. The summed E-state index contributed by atoms with van der Waals surface area (Å²) in [5.74, 6) is -0.0139. The van der Waals surface area contributed by atoms with Gasteiger partial charge < -0.3 is 5.11 Å². The van der Waals surface area contributed by atoms with Crippen LogP contribution in [0.4, 0.5) is 10.6 Å². The first-order valence-corrected chi connectivity index (χ1v) is 2.85. The fourth-order valence-electron chi connectivity index (χ4n) is 0.577. The van der Waals surface area contributed by atoms with Crippen molar-refractivity contribution in [3.05, 3.63) is 24.4 Å². The van der Waals surface area contributed by atoms with Gasteiger partial charge in [-0.1, -0.05) is 6.07 Å². The normalized spacial score (nSPS) is 9.18. The maximum Gasteiger partial charge on any atom is 0.437 e. The number of aromatic nitrogens is 1. The third kappa shape index (κ3) is 1.65. The number of carboxylic acid groups (broad SMARTS) is 1. The first-order valence-electron chi connectivity index (χ1n) is 2.85. The topological polar surface area (TPSA) is 73.7 Å². The number of hydrogen-bond donors (Lipinski definition) is 2. The molecule has 5 nitrogen and oxygen atoms in total. The van der Waals surface area contributed by atoms with Crippen molar-refractivity contribution in [3.8, 4) is 0 Å². The molecule has 0 radical (unpaired) electrons. The van der Waals surface area contributed by atoms with Gasteiger partial charge in [0.25, 0.3) is 0 Å². The van der Waals surface area contributed by atoms with Crippen molar-refractivity contribution in [1.29, 1.82) is 0 Å². The van der Waals surface area contributed by atoms with Gasteiger partial charge in [0.2, 0.25) is 0 Å². The van der Waals surface area contributed by atoms with E-state index in [9.17, 15) is 4.79 Å². The second kappa shape index (κ2) is 2.98. The highest BCUT2D eigenvalue weighted by molar-refractivity contribution is 5.81. The Morgan fingerprint density at radius 3 is 2.73 bits per heavy atom. The van der Waals surface area contributed by atoms with Gasteiger partial charge in [0.1, 0.15) is 0 Å². The summed E-state index contributed by atoms with van der Waals surface area (Å²) in [4.78, 5) is 13.7. The average molecular weight is 154 g/mol. The molecule has 5 heteroatoms. The van der Waals surface area contributed by atoms with E-state index >= 15 is 0 Å². The van der Waals surface area contributed by atoms with Gasteiger partial charge in [0.05, 0.1) is 0 Å². The summed E-state index contributed by atoms with van der Waals surface area (Å²) in [5.41, 5.74) is 0.